The summed E-state index contributed by atoms with van der Waals surface area (Å²) < 4.78 is 0. The number of piperidine rings is 1. The van der Waals surface area contributed by atoms with Gasteiger partial charge in [0.05, 0.1) is 0 Å². The smallest absolute Gasteiger partial charge is 0.0196 e. The molecule has 2 saturated carbocycles. The van der Waals surface area contributed by atoms with Gasteiger partial charge in [-0.3, -0.25) is 4.90 Å². The zero-order valence-corrected chi connectivity index (χ0v) is 11.8. The van der Waals surface area contributed by atoms with Crippen molar-refractivity contribution in [2.45, 2.75) is 76.3 Å². The van der Waals surface area contributed by atoms with E-state index >= 15 is 0 Å². The summed E-state index contributed by atoms with van der Waals surface area (Å²) in [5.74, 6) is 1.83. The van der Waals surface area contributed by atoms with Gasteiger partial charge in [0.1, 0.15) is 0 Å². The molecule has 0 bridgehead atoms. The molecule has 0 spiro atoms. The second-order valence-electron chi connectivity index (χ2n) is 6.96. The number of fused-ring (bicyclic) bond motifs is 1. The van der Waals surface area contributed by atoms with E-state index in [4.69, 9.17) is 5.73 Å². The molecule has 3 unspecified atom stereocenters. The highest BCUT2D eigenvalue weighted by Gasteiger charge is 2.34. The van der Waals surface area contributed by atoms with Gasteiger partial charge >= 0.3 is 0 Å². The summed E-state index contributed by atoms with van der Waals surface area (Å²) >= 11 is 0. The quantitative estimate of drug-likeness (QED) is 0.833. The molecule has 3 atom stereocenters. The lowest BCUT2D eigenvalue weighted by molar-refractivity contribution is 0.0512. The molecule has 3 fully saturated rings. The standard InChI is InChI=1S/C16H30N2/c17-15(13-6-1-2-7-13)12-18-11-5-9-14-8-3-4-10-16(14)18/h13-16H,1-12,17H2. The van der Waals surface area contributed by atoms with Crippen molar-refractivity contribution in [1.29, 1.82) is 0 Å². The van der Waals surface area contributed by atoms with Gasteiger partial charge in [-0.05, 0) is 56.9 Å². The Kier molecular flexibility index (Phi) is 4.25. The average molecular weight is 250 g/mol. The van der Waals surface area contributed by atoms with Crippen LogP contribution in [0.15, 0.2) is 0 Å². The molecule has 2 nitrogen and oxygen atoms in total. The lowest BCUT2D eigenvalue weighted by Crippen LogP contribution is -2.52. The number of likely N-dealkylation sites (tertiary alicyclic amines) is 1. The minimum Gasteiger partial charge on any atom is -0.326 e. The fourth-order valence-electron chi connectivity index (χ4n) is 4.76. The van der Waals surface area contributed by atoms with Crippen molar-refractivity contribution in [3.63, 3.8) is 0 Å². The van der Waals surface area contributed by atoms with Crippen LogP contribution in [0.1, 0.15) is 64.2 Å². The van der Waals surface area contributed by atoms with Gasteiger partial charge in [-0.1, -0.05) is 25.7 Å². The van der Waals surface area contributed by atoms with Crippen LogP contribution in [0, 0.1) is 11.8 Å². The molecule has 0 aromatic rings. The fraction of sp³-hybridized carbons (Fsp3) is 1.00. The van der Waals surface area contributed by atoms with E-state index in [1.807, 2.05) is 0 Å². The highest BCUT2D eigenvalue weighted by Crippen LogP contribution is 2.36. The van der Waals surface area contributed by atoms with Crippen LogP contribution in [0.4, 0.5) is 0 Å². The number of nitrogens with zero attached hydrogens (tertiary/aromatic N) is 1. The van der Waals surface area contributed by atoms with E-state index in [9.17, 15) is 0 Å². The van der Waals surface area contributed by atoms with Gasteiger partial charge in [0.2, 0.25) is 0 Å². The molecule has 1 saturated heterocycles. The maximum absolute atomic E-state index is 6.49. The van der Waals surface area contributed by atoms with Crippen LogP contribution in [-0.4, -0.2) is 30.1 Å². The van der Waals surface area contributed by atoms with Crippen LogP contribution in [0.25, 0.3) is 0 Å². The molecule has 1 aliphatic heterocycles. The molecule has 18 heavy (non-hydrogen) atoms. The van der Waals surface area contributed by atoms with Gasteiger partial charge in [-0.25, -0.2) is 0 Å². The Morgan fingerprint density at radius 3 is 2.39 bits per heavy atom. The third kappa shape index (κ3) is 2.75. The molecule has 0 aromatic carbocycles. The van der Waals surface area contributed by atoms with E-state index in [1.165, 1.54) is 77.3 Å². The van der Waals surface area contributed by atoms with E-state index < -0.39 is 0 Å². The largest absolute Gasteiger partial charge is 0.326 e. The minimum atomic E-state index is 0.452. The number of rotatable bonds is 3. The number of hydrogen-bond donors (Lipinski definition) is 1. The zero-order valence-electron chi connectivity index (χ0n) is 11.8. The summed E-state index contributed by atoms with van der Waals surface area (Å²) in [4.78, 5) is 2.77. The molecular formula is C16H30N2. The predicted octanol–water partition coefficient (Wildman–Crippen LogP) is 3.16. The molecule has 2 aliphatic carbocycles. The van der Waals surface area contributed by atoms with E-state index in [0.29, 0.717) is 6.04 Å². The molecule has 0 radical (unpaired) electrons. The first-order chi connectivity index (χ1) is 8.84. The Morgan fingerprint density at radius 1 is 0.889 bits per heavy atom. The van der Waals surface area contributed by atoms with Crippen LogP contribution in [-0.2, 0) is 0 Å². The van der Waals surface area contributed by atoms with Gasteiger partial charge in [-0.2, -0.15) is 0 Å². The Bertz CT molecular complexity index is 258. The minimum absolute atomic E-state index is 0.452. The highest BCUT2D eigenvalue weighted by molar-refractivity contribution is 4.90. The fourth-order valence-corrected chi connectivity index (χ4v) is 4.76. The third-order valence-electron chi connectivity index (χ3n) is 5.81. The van der Waals surface area contributed by atoms with Crippen molar-refractivity contribution in [1.82, 2.24) is 4.90 Å². The van der Waals surface area contributed by atoms with Crippen LogP contribution >= 0.6 is 0 Å². The predicted molar refractivity (Wildman–Crippen MR) is 76.5 cm³/mol. The van der Waals surface area contributed by atoms with Crippen LogP contribution < -0.4 is 5.73 Å². The monoisotopic (exact) mass is 250 g/mol. The topological polar surface area (TPSA) is 29.3 Å². The summed E-state index contributed by atoms with van der Waals surface area (Å²) in [6.45, 7) is 2.51. The molecule has 2 heteroatoms. The highest BCUT2D eigenvalue weighted by atomic mass is 15.2. The van der Waals surface area contributed by atoms with Crippen molar-refractivity contribution in [3.05, 3.63) is 0 Å². The van der Waals surface area contributed by atoms with Gasteiger partial charge in [0, 0.05) is 18.6 Å². The molecule has 0 amide bonds. The first-order valence-electron chi connectivity index (χ1n) is 8.34. The van der Waals surface area contributed by atoms with E-state index in [1.54, 1.807) is 0 Å². The SMILES string of the molecule is NC(CN1CCCC2CCCCC21)C1CCCC1. The molecule has 104 valence electrons. The lowest BCUT2D eigenvalue weighted by atomic mass is 9.78. The lowest BCUT2D eigenvalue weighted by Gasteiger charge is -2.45. The van der Waals surface area contributed by atoms with Gasteiger partial charge in [-0.15, -0.1) is 0 Å². The molecule has 3 rings (SSSR count). The van der Waals surface area contributed by atoms with Gasteiger partial charge in [0.15, 0.2) is 0 Å². The summed E-state index contributed by atoms with van der Waals surface area (Å²) in [6.07, 6.45) is 14.4. The summed E-state index contributed by atoms with van der Waals surface area (Å²) in [5.41, 5.74) is 6.49. The Balaban J connectivity index is 1.56. The normalized spacial score (nSPS) is 36.5. The van der Waals surface area contributed by atoms with E-state index in [0.717, 1.165) is 17.9 Å². The van der Waals surface area contributed by atoms with Gasteiger partial charge < -0.3 is 5.73 Å². The molecule has 0 aromatic heterocycles. The molecule has 2 N–H and O–H groups in total. The first-order valence-corrected chi connectivity index (χ1v) is 8.34. The Morgan fingerprint density at radius 2 is 1.56 bits per heavy atom. The molecule has 3 aliphatic rings. The molecule has 1 heterocycles. The second kappa shape index (κ2) is 5.92. The van der Waals surface area contributed by atoms with Crippen molar-refractivity contribution >= 4 is 0 Å². The summed E-state index contributed by atoms with van der Waals surface area (Å²) in [5, 5.41) is 0. The second-order valence-corrected chi connectivity index (χ2v) is 6.96. The Hall–Kier alpha value is -0.0800. The summed E-state index contributed by atoms with van der Waals surface area (Å²) in [6, 6.07) is 1.34. The molecular weight excluding hydrogens is 220 g/mol. The van der Waals surface area contributed by atoms with Crippen molar-refractivity contribution in [2.75, 3.05) is 13.1 Å². The van der Waals surface area contributed by atoms with Crippen molar-refractivity contribution in [2.24, 2.45) is 17.6 Å². The first kappa shape index (κ1) is 12.9. The maximum atomic E-state index is 6.49. The number of hydrogen-bond acceptors (Lipinski definition) is 2. The Labute approximate surface area is 112 Å². The average Bonchev–Trinajstić information content (AvgIpc) is 2.93. The van der Waals surface area contributed by atoms with Crippen LogP contribution in [0.5, 0.6) is 0 Å². The number of nitrogens with two attached hydrogens (primary N) is 1. The van der Waals surface area contributed by atoms with Crippen molar-refractivity contribution in [3.8, 4) is 0 Å². The van der Waals surface area contributed by atoms with Crippen LogP contribution in [0.2, 0.25) is 0 Å². The third-order valence-corrected chi connectivity index (χ3v) is 5.81. The van der Waals surface area contributed by atoms with Crippen molar-refractivity contribution < 1.29 is 0 Å². The maximum Gasteiger partial charge on any atom is 0.0196 e. The zero-order chi connectivity index (χ0) is 12.4. The van der Waals surface area contributed by atoms with Gasteiger partial charge in [0.25, 0.3) is 0 Å². The van der Waals surface area contributed by atoms with E-state index in [-0.39, 0.29) is 0 Å². The summed E-state index contributed by atoms with van der Waals surface area (Å²) in [7, 11) is 0. The van der Waals surface area contributed by atoms with E-state index in [2.05, 4.69) is 4.90 Å². The van der Waals surface area contributed by atoms with Crippen LogP contribution in [0.3, 0.4) is 0 Å².